The van der Waals surface area contributed by atoms with Crippen LogP contribution in [0, 0.1) is 5.82 Å². The van der Waals surface area contributed by atoms with Crippen molar-refractivity contribution in [3.8, 4) is 5.75 Å². The quantitative estimate of drug-likeness (QED) is 0.392. The van der Waals surface area contributed by atoms with Gasteiger partial charge in [-0.3, -0.25) is 4.79 Å². The van der Waals surface area contributed by atoms with E-state index in [-0.39, 0.29) is 30.7 Å². The van der Waals surface area contributed by atoms with Crippen molar-refractivity contribution in [1.29, 1.82) is 0 Å². The molecule has 2 N–H and O–H groups in total. The van der Waals surface area contributed by atoms with Gasteiger partial charge in [-0.2, -0.15) is 0 Å². The van der Waals surface area contributed by atoms with Gasteiger partial charge in [-0.25, -0.2) is 9.07 Å². The maximum atomic E-state index is 13.5. The van der Waals surface area contributed by atoms with Gasteiger partial charge in [0.05, 0.1) is 5.70 Å². The molecule has 0 radical (unpaired) electrons. The van der Waals surface area contributed by atoms with Crippen molar-refractivity contribution < 1.29 is 23.5 Å². The van der Waals surface area contributed by atoms with Crippen LogP contribution in [-0.4, -0.2) is 60.0 Å². The molecule has 1 aliphatic rings. The zero-order valence-corrected chi connectivity index (χ0v) is 20.5. The number of amides is 1. The summed E-state index contributed by atoms with van der Waals surface area (Å²) in [7, 11) is 1.93. The monoisotopic (exact) mass is 487 g/mol. The minimum atomic E-state index is -0.424. The van der Waals surface area contributed by atoms with Gasteiger partial charge in [0.1, 0.15) is 30.2 Å². The molecule has 2 heterocycles. The van der Waals surface area contributed by atoms with E-state index in [0.717, 1.165) is 25.7 Å². The van der Waals surface area contributed by atoms with E-state index in [2.05, 4.69) is 27.9 Å². The largest absolute Gasteiger partial charge is 0.487 e. The highest BCUT2D eigenvalue weighted by Crippen LogP contribution is 2.19. The lowest BCUT2D eigenvalue weighted by Crippen LogP contribution is -2.39. The Morgan fingerprint density at radius 2 is 2.09 bits per heavy atom. The van der Waals surface area contributed by atoms with Gasteiger partial charge in [0.25, 0.3) is 5.91 Å². The van der Waals surface area contributed by atoms with Crippen LogP contribution in [0.1, 0.15) is 49.3 Å². The summed E-state index contributed by atoms with van der Waals surface area (Å²) in [6.07, 6.45) is 7.66. The molecule has 1 fully saturated rings. The predicted octanol–water partition coefficient (Wildman–Crippen LogP) is 3.14. The molecule has 1 aromatic heterocycles. The van der Waals surface area contributed by atoms with Crippen molar-refractivity contribution in [2.45, 2.75) is 45.8 Å². The fourth-order valence-corrected chi connectivity index (χ4v) is 3.15. The number of nitrogens with one attached hydrogen (secondary N) is 2. The number of benzene rings is 1. The summed E-state index contributed by atoms with van der Waals surface area (Å²) < 4.78 is 26.0. The number of rotatable bonds is 10. The molecular weight excluding hydrogens is 453 g/mol. The van der Waals surface area contributed by atoms with Crippen molar-refractivity contribution in [2.24, 2.45) is 0 Å². The highest BCUT2D eigenvalue weighted by atomic mass is 19.1. The lowest BCUT2D eigenvalue weighted by molar-refractivity contribution is -0.107. The number of allylic oxidation sites excluding steroid dienone is 4. The molecule has 0 unspecified atom stereocenters. The van der Waals surface area contributed by atoms with Crippen LogP contribution in [-0.2, 0) is 16.1 Å². The lowest BCUT2D eigenvalue weighted by atomic mass is 10.1. The topological polar surface area (TPSA) is 107 Å². The standard InChI is InChI=1S/C22H25FN4O4.C3H9N/c1-2-18(7-3-4-11-28)27-20(15-31-19-8-5-6-16(23)14-19)21(25-26-27)22(29)24-17-9-12-30-13-10-17;1-3-4-2/h2-3,5-8,11,14,17H,4,9-10,12-13,15H2,1H3,(H,24,29);4H,3H2,1-2H3/b7-3-,18-2+;. The van der Waals surface area contributed by atoms with E-state index in [1.807, 2.05) is 7.05 Å². The number of nitrogens with zero attached hydrogens (tertiary/aromatic N) is 3. The Morgan fingerprint density at radius 1 is 1.34 bits per heavy atom. The molecule has 10 heteroatoms. The third-order valence-electron chi connectivity index (χ3n) is 5.12. The van der Waals surface area contributed by atoms with Crippen molar-refractivity contribution in [3.05, 3.63) is 59.7 Å². The number of aromatic nitrogens is 3. The minimum Gasteiger partial charge on any atom is -0.487 e. The van der Waals surface area contributed by atoms with Gasteiger partial charge in [-0.15, -0.1) is 5.10 Å². The van der Waals surface area contributed by atoms with Crippen LogP contribution in [0.4, 0.5) is 4.39 Å². The third-order valence-corrected chi connectivity index (χ3v) is 5.12. The van der Waals surface area contributed by atoms with E-state index in [1.165, 1.54) is 16.8 Å². The molecule has 1 saturated heterocycles. The van der Waals surface area contributed by atoms with Gasteiger partial charge in [-0.1, -0.05) is 30.4 Å². The van der Waals surface area contributed by atoms with E-state index >= 15 is 0 Å². The molecule has 0 aliphatic carbocycles. The van der Waals surface area contributed by atoms with E-state index in [1.54, 1.807) is 37.3 Å². The van der Waals surface area contributed by atoms with Crippen LogP contribution in [0.2, 0.25) is 0 Å². The second-order valence-corrected chi connectivity index (χ2v) is 7.63. The summed E-state index contributed by atoms with van der Waals surface area (Å²) in [5.74, 6) is -0.460. The Kier molecular flexibility index (Phi) is 12.4. The molecule has 0 atom stereocenters. The molecular formula is C25H34FN5O4. The van der Waals surface area contributed by atoms with Gasteiger partial charge in [0.2, 0.25) is 0 Å². The summed E-state index contributed by atoms with van der Waals surface area (Å²) >= 11 is 0. The average Bonchev–Trinajstić information content (AvgIpc) is 3.30. The van der Waals surface area contributed by atoms with Crippen LogP contribution < -0.4 is 15.4 Å². The van der Waals surface area contributed by atoms with Crippen LogP contribution in [0.15, 0.2) is 42.5 Å². The van der Waals surface area contributed by atoms with Crippen LogP contribution in [0.25, 0.3) is 5.70 Å². The molecule has 2 aromatic rings. The van der Waals surface area contributed by atoms with Crippen LogP contribution >= 0.6 is 0 Å². The van der Waals surface area contributed by atoms with Crippen molar-refractivity contribution in [1.82, 2.24) is 25.6 Å². The smallest absolute Gasteiger partial charge is 0.274 e. The normalized spacial score (nSPS) is 14.3. The number of ether oxygens (including phenoxy) is 2. The summed E-state index contributed by atoms with van der Waals surface area (Å²) in [4.78, 5) is 23.5. The number of hydrogen-bond donors (Lipinski definition) is 2. The molecule has 35 heavy (non-hydrogen) atoms. The molecule has 190 valence electrons. The molecule has 9 nitrogen and oxygen atoms in total. The number of hydrogen-bond acceptors (Lipinski definition) is 7. The van der Waals surface area contributed by atoms with Gasteiger partial charge >= 0.3 is 0 Å². The molecule has 1 aliphatic heterocycles. The Hall–Kier alpha value is -3.37. The molecule has 0 spiro atoms. The zero-order chi connectivity index (χ0) is 25.5. The minimum absolute atomic E-state index is 0.00272. The van der Waals surface area contributed by atoms with Gasteiger partial charge in [0.15, 0.2) is 5.69 Å². The Labute approximate surface area is 205 Å². The predicted molar refractivity (Wildman–Crippen MR) is 131 cm³/mol. The zero-order valence-electron chi connectivity index (χ0n) is 20.5. The number of halogens is 1. The van der Waals surface area contributed by atoms with E-state index in [9.17, 15) is 14.0 Å². The Balaban J connectivity index is 0.00000100. The summed E-state index contributed by atoms with van der Waals surface area (Å²) in [6.45, 7) is 6.09. The Bertz CT molecular complexity index is 997. The number of carbonyl (C=O) groups is 2. The Morgan fingerprint density at radius 3 is 2.71 bits per heavy atom. The summed E-state index contributed by atoms with van der Waals surface area (Å²) in [6, 6.07) is 5.74. The molecule has 1 amide bonds. The third kappa shape index (κ3) is 9.06. The molecule has 0 saturated carbocycles. The van der Waals surface area contributed by atoms with Gasteiger partial charge in [0, 0.05) is 31.7 Å². The second kappa shape index (κ2) is 15.5. The lowest BCUT2D eigenvalue weighted by Gasteiger charge is -2.22. The first-order valence-electron chi connectivity index (χ1n) is 11.7. The molecule has 0 bridgehead atoms. The van der Waals surface area contributed by atoms with E-state index in [4.69, 9.17) is 9.47 Å². The van der Waals surface area contributed by atoms with Crippen LogP contribution in [0.3, 0.4) is 0 Å². The summed E-state index contributed by atoms with van der Waals surface area (Å²) in [5.41, 5.74) is 1.17. The maximum Gasteiger partial charge on any atom is 0.274 e. The first kappa shape index (κ1) is 27.9. The average molecular weight is 488 g/mol. The van der Waals surface area contributed by atoms with Crippen molar-refractivity contribution in [2.75, 3.05) is 26.8 Å². The van der Waals surface area contributed by atoms with Crippen LogP contribution in [0.5, 0.6) is 5.75 Å². The highest BCUT2D eigenvalue weighted by Gasteiger charge is 2.24. The van der Waals surface area contributed by atoms with Crippen molar-refractivity contribution >= 4 is 17.9 Å². The fraction of sp³-hybridized carbons (Fsp3) is 0.440. The maximum absolute atomic E-state index is 13.5. The molecule has 3 rings (SSSR count). The second-order valence-electron chi connectivity index (χ2n) is 7.63. The van der Waals surface area contributed by atoms with E-state index in [0.29, 0.717) is 30.4 Å². The van der Waals surface area contributed by atoms with Gasteiger partial charge in [-0.05, 0) is 51.6 Å². The first-order valence-corrected chi connectivity index (χ1v) is 11.7. The van der Waals surface area contributed by atoms with Crippen molar-refractivity contribution in [3.63, 3.8) is 0 Å². The van der Waals surface area contributed by atoms with Gasteiger partial charge < -0.3 is 24.9 Å². The number of aldehydes is 1. The SMILES string of the molecule is C/C=C(\C=C/CC=O)n1nnc(C(=O)NC2CCOCC2)c1COc1cccc(F)c1.CCNC. The molecule has 1 aromatic carbocycles. The number of carbonyl (C=O) groups excluding carboxylic acids is 2. The highest BCUT2D eigenvalue weighted by molar-refractivity contribution is 5.93. The fourth-order valence-electron chi connectivity index (χ4n) is 3.15. The van der Waals surface area contributed by atoms with E-state index < -0.39 is 5.82 Å². The summed E-state index contributed by atoms with van der Waals surface area (Å²) in [5, 5.41) is 14.1. The first-order chi connectivity index (χ1) is 17.0.